The van der Waals surface area contributed by atoms with Gasteiger partial charge in [0.05, 0.1) is 0 Å². The van der Waals surface area contributed by atoms with E-state index >= 15 is 0 Å². The molecule has 0 bridgehead atoms. The van der Waals surface area contributed by atoms with Gasteiger partial charge >= 0.3 is 0 Å². The Morgan fingerprint density at radius 3 is 0.959 bits per heavy atom. The van der Waals surface area contributed by atoms with Crippen molar-refractivity contribution in [2.24, 2.45) is 0 Å². The van der Waals surface area contributed by atoms with Crippen molar-refractivity contribution in [1.29, 1.82) is 0 Å². The van der Waals surface area contributed by atoms with Crippen LogP contribution in [0.2, 0.25) is 0 Å². The van der Waals surface area contributed by atoms with Gasteiger partial charge in [-0.25, -0.2) is 0 Å². The number of hydrogen-bond acceptors (Lipinski definition) is 0. The minimum atomic E-state index is -0.0934. The molecule has 0 saturated heterocycles. The van der Waals surface area contributed by atoms with Crippen LogP contribution in [0.15, 0.2) is 121 Å². The molecule has 0 aliphatic heterocycles. The lowest BCUT2D eigenvalue weighted by Crippen LogP contribution is -2.23. The van der Waals surface area contributed by atoms with Crippen LogP contribution in [0.3, 0.4) is 0 Å². The van der Waals surface area contributed by atoms with Crippen molar-refractivity contribution >= 4 is 0 Å². The van der Waals surface area contributed by atoms with E-state index in [0.29, 0.717) is 0 Å². The van der Waals surface area contributed by atoms with E-state index in [4.69, 9.17) is 0 Å². The second-order valence-corrected chi connectivity index (χ2v) is 15.3. The molecule has 49 heavy (non-hydrogen) atoms. The fraction of sp³-hybridized carbons (Fsp3) is 0.265. The normalized spacial score (nSPS) is 16.4. The average molecular weight is 635 g/mol. The zero-order valence-electron chi connectivity index (χ0n) is 29.9. The summed E-state index contributed by atoms with van der Waals surface area (Å²) in [5.41, 5.74) is 22.6. The Balaban J connectivity index is 1.10. The van der Waals surface area contributed by atoms with Crippen LogP contribution in [0.5, 0.6) is 0 Å². The highest BCUT2D eigenvalue weighted by Crippen LogP contribution is 2.56. The van der Waals surface area contributed by atoms with Crippen LogP contribution < -0.4 is 0 Å². The molecule has 3 aliphatic rings. The van der Waals surface area contributed by atoms with Gasteiger partial charge in [-0.05, 0) is 139 Å². The molecule has 6 aromatic rings. The SMILES string of the molecule is CCC1(CC)c2ccccc2-c2ccc(-c3ccc4c(c3)C(C)(C)c3cc(-c5ccc6c(c5)C(CC)(CC)c5ccccc5-6)ccc3-4)cc21. The quantitative estimate of drug-likeness (QED) is 0.171. The Bertz CT molecular complexity index is 2140. The highest BCUT2D eigenvalue weighted by atomic mass is 14.5. The first-order valence-electron chi connectivity index (χ1n) is 18.6. The smallest absolute Gasteiger partial charge is 0.0210 e. The molecule has 3 aliphatic carbocycles. The van der Waals surface area contributed by atoms with Crippen LogP contribution in [0, 0.1) is 0 Å². The van der Waals surface area contributed by atoms with E-state index < -0.39 is 0 Å². The Labute approximate surface area is 292 Å². The molecule has 6 aromatic carbocycles. The first-order valence-corrected chi connectivity index (χ1v) is 18.6. The molecule has 0 radical (unpaired) electrons. The molecule has 0 spiro atoms. The molecule has 0 heterocycles. The van der Waals surface area contributed by atoms with Crippen LogP contribution in [0.4, 0.5) is 0 Å². The van der Waals surface area contributed by atoms with Crippen molar-refractivity contribution in [1.82, 2.24) is 0 Å². The summed E-state index contributed by atoms with van der Waals surface area (Å²) in [5, 5.41) is 0. The van der Waals surface area contributed by atoms with Crippen LogP contribution in [0.25, 0.3) is 55.6 Å². The van der Waals surface area contributed by atoms with E-state index in [0.717, 1.165) is 25.7 Å². The predicted molar refractivity (Wildman–Crippen MR) is 208 cm³/mol. The van der Waals surface area contributed by atoms with Gasteiger partial charge in [-0.1, -0.05) is 139 Å². The van der Waals surface area contributed by atoms with Crippen LogP contribution in [-0.4, -0.2) is 0 Å². The van der Waals surface area contributed by atoms with Gasteiger partial charge in [-0.15, -0.1) is 0 Å². The summed E-state index contributed by atoms with van der Waals surface area (Å²) in [4.78, 5) is 0. The summed E-state index contributed by atoms with van der Waals surface area (Å²) < 4.78 is 0. The Morgan fingerprint density at radius 2 is 0.612 bits per heavy atom. The standard InChI is InChI=1S/C49H46/c1-7-48(8-2)41-17-13-11-15-35(41)39-25-21-33(29-45(39)48)31-19-23-37-38-24-20-32(28-44(38)47(5,6)43(37)27-31)34-22-26-40-36-16-12-14-18-42(36)49(9-3,10-4)46(40)30-34/h11-30H,7-10H2,1-6H3. The summed E-state index contributed by atoms with van der Waals surface area (Å²) in [6, 6.07) is 47.1. The molecule has 0 fully saturated rings. The molecule has 0 aromatic heterocycles. The minimum Gasteiger partial charge on any atom is -0.0642 e. The highest BCUT2D eigenvalue weighted by molar-refractivity contribution is 5.89. The summed E-state index contributed by atoms with van der Waals surface area (Å²) in [7, 11) is 0. The Morgan fingerprint density at radius 1 is 0.327 bits per heavy atom. The lowest BCUT2D eigenvalue weighted by Gasteiger charge is -2.30. The second kappa shape index (κ2) is 10.7. The average Bonchev–Trinajstić information content (AvgIpc) is 3.69. The van der Waals surface area contributed by atoms with Gasteiger partial charge in [-0.2, -0.15) is 0 Å². The maximum absolute atomic E-state index is 2.51. The summed E-state index contributed by atoms with van der Waals surface area (Å²) in [6.45, 7) is 14.3. The fourth-order valence-corrected chi connectivity index (χ4v) is 10.4. The van der Waals surface area contributed by atoms with E-state index in [9.17, 15) is 0 Å². The van der Waals surface area contributed by atoms with Crippen molar-refractivity contribution in [3.05, 3.63) is 155 Å². The van der Waals surface area contributed by atoms with Crippen molar-refractivity contribution in [3.8, 4) is 55.6 Å². The van der Waals surface area contributed by atoms with Gasteiger partial charge in [0.25, 0.3) is 0 Å². The first-order chi connectivity index (χ1) is 23.8. The number of hydrogen-bond donors (Lipinski definition) is 0. The number of fused-ring (bicyclic) bond motifs is 9. The fourth-order valence-electron chi connectivity index (χ4n) is 10.4. The van der Waals surface area contributed by atoms with E-state index in [-0.39, 0.29) is 16.2 Å². The molecule has 0 atom stereocenters. The molecule has 0 heteroatoms. The van der Waals surface area contributed by atoms with Gasteiger partial charge in [0.1, 0.15) is 0 Å². The molecule has 9 rings (SSSR count). The minimum absolute atomic E-state index is 0.0822. The van der Waals surface area contributed by atoms with E-state index in [1.54, 1.807) is 0 Å². The van der Waals surface area contributed by atoms with E-state index in [1.165, 1.54) is 89.0 Å². The van der Waals surface area contributed by atoms with Crippen LogP contribution in [0.1, 0.15) is 101 Å². The van der Waals surface area contributed by atoms with Crippen LogP contribution in [-0.2, 0) is 16.2 Å². The third-order valence-electron chi connectivity index (χ3n) is 13.3. The van der Waals surface area contributed by atoms with Crippen LogP contribution >= 0.6 is 0 Å². The third kappa shape index (κ3) is 3.92. The maximum atomic E-state index is 2.51. The molecule has 0 saturated carbocycles. The molecule has 0 amide bonds. The van der Waals surface area contributed by atoms with Gasteiger partial charge in [0.2, 0.25) is 0 Å². The van der Waals surface area contributed by atoms with Crippen molar-refractivity contribution in [2.75, 3.05) is 0 Å². The largest absolute Gasteiger partial charge is 0.0642 e. The molecule has 0 unspecified atom stereocenters. The monoisotopic (exact) mass is 634 g/mol. The van der Waals surface area contributed by atoms with Gasteiger partial charge in [0.15, 0.2) is 0 Å². The second-order valence-electron chi connectivity index (χ2n) is 15.3. The van der Waals surface area contributed by atoms with E-state index in [2.05, 4.69) is 163 Å². The Kier molecular flexibility index (Phi) is 6.61. The Hall–Kier alpha value is -4.68. The topological polar surface area (TPSA) is 0 Å². The summed E-state index contributed by atoms with van der Waals surface area (Å²) in [5.74, 6) is 0. The van der Waals surface area contributed by atoms with E-state index in [1.807, 2.05) is 0 Å². The highest BCUT2D eigenvalue weighted by Gasteiger charge is 2.42. The molecule has 242 valence electrons. The first kappa shape index (κ1) is 30.4. The molecule has 0 nitrogen and oxygen atoms in total. The lowest BCUT2D eigenvalue weighted by molar-refractivity contribution is 0.490. The molecular formula is C49H46. The molecule has 0 N–H and O–H groups in total. The number of rotatable bonds is 6. The van der Waals surface area contributed by atoms with Crippen molar-refractivity contribution in [3.63, 3.8) is 0 Å². The lowest BCUT2D eigenvalue weighted by atomic mass is 9.73. The zero-order valence-corrected chi connectivity index (χ0v) is 29.9. The van der Waals surface area contributed by atoms with Gasteiger partial charge in [-0.3, -0.25) is 0 Å². The number of benzene rings is 6. The summed E-state index contributed by atoms with van der Waals surface area (Å²) >= 11 is 0. The maximum Gasteiger partial charge on any atom is 0.0210 e. The predicted octanol–water partition coefficient (Wildman–Crippen LogP) is 13.5. The van der Waals surface area contributed by atoms with Gasteiger partial charge < -0.3 is 0 Å². The van der Waals surface area contributed by atoms with Crippen molar-refractivity contribution < 1.29 is 0 Å². The third-order valence-corrected chi connectivity index (χ3v) is 13.3. The van der Waals surface area contributed by atoms with Gasteiger partial charge in [0, 0.05) is 16.2 Å². The molecular weight excluding hydrogens is 589 g/mol. The van der Waals surface area contributed by atoms with Crippen molar-refractivity contribution in [2.45, 2.75) is 83.5 Å². The zero-order chi connectivity index (χ0) is 33.7. The summed E-state index contributed by atoms with van der Waals surface area (Å²) in [6.07, 6.45) is 4.45.